The average Bonchev–Trinajstić information content (AvgIpc) is 3.95. The zero-order valence-corrected chi connectivity index (χ0v) is 43.2. The van der Waals surface area contributed by atoms with Crippen LogP contribution in [0.2, 0.25) is 0 Å². The molecule has 0 radical (unpaired) electrons. The van der Waals surface area contributed by atoms with E-state index in [-0.39, 0.29) is 13.2 Å². The Labute approximate surface area is 424 Å². The molecule has 72 heavy (non-hydrogen) atoms. The summed E-state index contributed by atoms with van der Waals surface area (Å²) in [6.45, 7) is 12.8. The molecule has 0 aliphatic carbocycles. The number of ether oxygens (including phenoxy) is 10. The molecule has 2 aromatic heterocycles. The van der Waals surface area contributed by atoms with E-state index < -0.39 is 109 Å². The number of carbonyl (C=O) groups is 8. The summed E-state index contributed by atoms with van der Waals surface area (Å²) in [5.74, 6) is -5.46. The number of carbonyl (C=O) groups excluding carboxylic acids is 8. The van der Waals surface area contributed by atoms with Crippen LogP contribution in [0.1, 0.15) is 111 Å². The van der Waals surface area contributed by atoms with Crippen molar-refractivity contribution in [3.05, 3.63) is 104 Å². The maximum atomic E-state index is 12.5. The van der Waals surface area contributed by atoms with Crippen molar-refractivity contribution in [1.29, 1.82) is 0 Å². The summed E-state index contributed by atoms with van der Waals surface area (Å²) in [7, 11) is 0. The highest BCUT2D eigenvalue weighted by Gasteiger charge is 2.54. The van der Waals surface area contributed by atoms with Crippen LogP contribution in [-0.2, 0) is 98.6 Å². The fourth-order valence-corrected chi connectivity index (χ4v) is 10.8. The lowest BCUT2D eigenvalue weighted by Gasteiger charge is -2.44. The van der Waals surface area contributed by atoms with Gasteiger partial charge in [-0.2, -0.15) is 0 Å². The Morgan fingerprint density at radius 3 is 1.06 bits per heavy atom. The predicted octanol–water partition coefficient (Wildman–Crippen LogP) is 6.87. The van der Waals surface area contributed by atoms with Crippen LogP contribution in [0.5, 0.6) is 0 Å². The summed E-state index contributed by atoms with van der Waals surface area (Å²) >= 11 is 3.25. The Morgan fingerprint density at radius 2 is 0.736 bits per heavy atom. The van der Waals surface area contributed by atoms with E-state index in [0.717, 1.165) is 41.8 Å². The highest BCUT2D eigenvalue weighted by atomic mass is 32.1. The zero-order chi connectivity index (χ0) is 52.6. The first-order valence-electron chi connectivity index (χ1n) is 23.0. The largest absolute Gasteiger partial charge is 0.463 e. The Balaban J connectivity index is 1.25. The van der Waals surface area contributed by atoms with Gasteiger partial charge in [0.2, 0.25) is 0 Å². The number of thiophene rings is 2. The topological polar surface area (TPSA) is 229 Å². The molecule has 20 heteroatoms. The minimum Gasteiger partial charge on any atom is -0.463 e. The minimum atomic E-state index is -1.30. The SMILES string of the molecule is CC(=O)OC[C@H]1O[C@@H](c2ccc(C)c(Cc3ccc(-c4ccc(Cc5cc([C@@H]6O[C@H](COC(C)=O)[C@@H](OC(C)=O)[C@H](OC(C)=O)[C@H]6OC(C)=O)ccc5C)s4)s3)c2)[C@H](OC(C)=O)[C@@H](OC(C)=O)[C@@H]1OC(C)=O. The van der Waals surface area contributed by atoms with Gasteiger partial charge >= 0.3 is 47.8 Å². The van der Waals surface area contributed by atoms with Crippen LogP contribution >= 0.6 is 22.7 Å². The van der Waals surface area contributed by atoms with Crippen molar-refractivity contribution < 1.29 is 85.7 Å². The normalized spacial score (nSPS) is 23.7. The molecule has 0 saturated carbocycles. The minimum absolute atomic E-state index is 0.338. The van der Waals surface area contributed by atoms with Crippen molar-refractivity contribution in [2.75, 3.05) is 13.2 Å². The summed E-state index contributed by atoms with van der Waals surface area (Å²) in [6, 6.07) is 19.5. The van der Waals surface area contributed by atoms with E-state index in [4.69, 9.17) is 47.4 Å². The van der Waals surface area contributed by atoms with E-state index in [1.165, 1.54) is 55.4 Å². The molecule has 10 atom stereocenters. The molecule has 0 bridgehead atoms. The third kappa shape index (κ3) is 14.4. The maximum Gasteiger partial charge on any atom is 0.303 e. The van der Waals surface area contributed by atoms with Gasteiger partial charge in [0.15, 0.2) is 36.6 Å². The third-order valence-electron chi connectivity index (χ3n) is 11.7. The number of esters is 8. The number of hydrogen-bond acceptors (Lipinski definition) is 20. The van der Waals surface area contributed by atoms with Gasteiger partial charge < -0.3 is 47.4 Å². The summed E-state index contributed by atoms with van der Waals surface area (Å²) in [5, 5.41) is 0. The molecule has 0 unspecified atom stereocenters. The van der Waals surface area contributed by atoms with Crippen LogP contribution in [0.25, 0.3) is 9.75 Å². The quantitative estimate of drug-likeness (QED) is 0.0776. The van der Waals surface area contributed by atoms with E-state index >= 15 is 0 Å². The molecule has 4 heterocycles. The first-order valence-corrected chi connectivity index (χ1v) is 24.7. The van der Waals surface area contributed by atoms with Crippen LogP contribution in [0.15, 0.2) is 60.7 Å². The second kappa shape index (κ2) is 24.3. The number of aryl methyl sites for hydroxylation is 2. The second-order valence-corrected chi connectivity index (χ2v) is 19.8. The van der Waals surface area contributed by atoms with Crippen molar-refractivity contribution in [1.82, 2.24) is 0 Å². The Bertz CT molecular complexity index is 2490. The van der Waals surface area contributed by atoms with Gasteiger partial charge in [-0.05, 0) is 71.5 Å². The van der Waals surface area contributed by atoms with E-state index in [0.29, 0.717) is 24.0 Å². The lowest BCUT2D eigenvalue weighted by Crippen LogP contribution is -2.59. The lowest BCUT2D eigenvalue weighted by molar-refractivity contribution is -0.254. The van der Waals surface area contributed by atoms with Gasteiger partial charge in [-0.3, -0.25) is 38.4 Å². The molecule has 0 N–H and O–H groups in total. The molecule has 6 rings (SSSR count). The molecular weight excluding hydrogens is 977 g/mol. The van der Waals surface area contributed by atoms with Gasteiger partial charge in [-0.25, -0.2) is 0 Å². The predicted molar refractivity (Wildman–Crippen MR) is 257 cm³/mol. The van der Waals surface area contributed by atoms with Crippen molar-refractivity contribution >= 4 is 70.4 Å². The van der Waals surface area contributed by atoms with E-state index in [9.17, 15) is 38.4 Å². The number of hydrogen-bond donors (Lipinski definition) is 0. The molecule has 0 spiro atoms. The Hall–Kier alpha value is -6.48. The second-order valence-electron chi connectivity index (χ2n) is 17.5. The van der Waals surface area contributed by atoms with Crippen molar-refractivity contribution in [3.8, 4) is 9.75 Å². The average molecular weight is 1040 g/mol. The fraction of sp³-hybridized carbons (Fsp3) is 0.462. The summed E-state index contributed by atoms with van der Waals surface area (Å²) < 4.78 is 57.3. The standard InChI is InChI=1S/C52H58O18S2/c1-25-11-13-35(45-49(65-31(7)57)51(67-33(9)59)47(63-29(5)55)41(69-45)23-61-27(3)53)19-37(25)21-39-15-17-43(71-39)44-18-16-40(72-44)22-38-20-36(14-12-26(38)2)46-50(66-32(8)58)52(68-34(10)60)48(64-30(6)56)42(70-46)24-62-28(4)54/h11-20,41-42,45-52H,21-24H2,1-10H3/t41-,42-,45+,46+,47-,48-,49+,50+,51+,52+/m1/s1. The van der Waals surface area contributed by atoms with E-state index in [1.807, 2.05) is 50.2 Å². The highest BCUT2D eigenvalue weighted by Crippen LogP contribution is 2.42. The molecule has 2 aromatic carbocycles. The van der Waals surface area contributed by atoms with Gasteiger partial charge in [0, 0.05) is 87.7 Å². The summed E-state index contributed by atoms with van der Waals surface area (Å²) in [5.41, 5.74) is 4.99. The fourth-order valence-electron chi connectivity index (χ4n) is 8.70. The van der Waals surface area contributed by atoms with Gasteiger partial charge in [0.05, 0.1) is 0 Å². The maximum absolute atomic E-state index is 12.5. The molecule has 0 amide bonds. The molecule has 4 aromatic rings. The monoisotopic (exact) mass is 1030 g/mol. The Kier molecular flexibility index (Phi) is 18.5. The van der Waals surface area contributed by atoms with Crippen molar-refractivity contribution in [3.63, 3.8) is 0 Å². The van der Waals surface area contributed by atoms with Crippen molar-refractivity contribution in [2.45, 2.75) is 143 Å². The molecule has 2 fully saturated rings. The zero-order valence-electron chi connectivity index (χ0n) is 41.5. The molecule has 18 nitrogen and oxygen atoms in total. The van der Waals surface area contributed by atoms with Crippen LogP contribution < -0.4 is 0 Å². The lowest BCUT2D eigenvalue weighted by atomic mass is 9.88. The first-order chi connectivity index (χ1) is 34.1. The van der Waals surface area contributed by atoms with E-state index in [2.05, 4.69) is 24.3 Å². The molecular formula is C52H58O18S2. The van der Waals surface area contributed by atoms with Crippen LogP contribution in [0.3, 0.4) is 0 Å². The van der Waals surface area contributed by atoms with Crippen LogP contribution in [-0.4, -0.2) is 110 Å². The molecule has 2 saturated heterocycles. The van der Waals surface area contributed by atoms with Crippen LogP contribution in [0.4, 0.5) is 0 Å². The highest BCUT2D eigenvalue weighted by molar-refractivity contribution is 7.22. The van der Waals surface area contributed by atoms with Crippen molar-refractivity contribution in [2.24, 2.45) is 0 Å². The van der Waals surface area contributed by atoms with Gasteiger partial charge in [0.25, 0.3) is 0 Å². The van der Waals surface area contributed by atoms with Gasteiger partial charge in [-0.1, -0.05) is 36.4 Å². The van der Waals surface area contributed by atoms with Gasteiger partial charge in [0.1, 0.15) is 37.6 Å². The molecule has 386 valence electrons. The molecule has 2 aliphatic heterocycles. The summed E-state index contributed by atoms with van der Waals surface area (Å²) in [4.78, 5) is 102. The number of rotatable bonds is 17. The number of benzene rings is 2. The van der Waals surface area contributed by atoms with Crippen LogP contribution in [0, 0.1) is 13.8 Å². The summed E-state index contributed by atoms with van der Waals surface area (Å²) in [6.07, 6.45) is -10.8. The van der Waals surface area contributed by atoms with E-state index in [1.54, 1.807) is 22.7 Å². The Morgan fingerprint density at radius 1 is 0.417 bits per heavy atom. The third-order valence-corrected chi connectivity index (χ3v) is 14.0. The first kappa shape index (κ1) is 54.8. The van der Waals surface area contributed by atoms with Gasteiger partial charge in [-0.15, -0.1) is 22.7 Å². The molecule has 2 aliphatic rings. The smallest absolute Gasteiger partial charge is 0.303 e.